The summed E-state index contributed by atoms with van der Waals surface area (Å²) in [6.07, 6.45) is 4.73. The Bertz CT molecular complexity index is 1080. The molecule has 5 nitrogen and oxygen atoms in total. The van der Waals surface area contributed by atoms with Gasteiger partial charge < -0.3 is 13.3 Å². The normalized spacial score (nSPS) is 11.1. The van der Waals surface area contributed by atoms with Crippen LogP contribution >= 0.6 is 15.9 Å². The van der Waals surface area contributed by atoms with E-state index in [0.717, 1.165) is 10.0 Å². The van der Waals surface area contributed by atoms with Crippen LogP contribution < -0.4 is 0 Å². The van der Waals surface area contributed by atoms with Gasteiger partial charge in [-0.3, -0.25) is 0 Å². The van der Waals surface area contributed by atoms with Crippen molar-refractivity contribution in [3.63, 3.8) is 0 Å². The van der Waals surface area contributed by atoms with Gasteiger partial charge in [-0.2, -0.15) is 5.26 Å². The van der Waals surface area contributed by atoms with Gasteiger partial charge in [0.1, 0.15) is 17.4 Å². The molecule has 1 aromatic carbocycles. The molecule has 0 fully saturated rings. The van der Waals surface area contributed by atoms with Crippen molar-refractivity contribution in [1.29, 1.82) is 5.26 Å². The van der Waals surface area contributed by atoms with Gasteiger partial charge in [0.15, 0.2) is 11.5 Å². The van der Waals surface area contributed by atoms with Gasteiger partial charge in [-0.25, -0.2) is 4.99 Å². The quantitative estimate of drug-likeness (QED) is 0.378. The van der Waals surface area contributed by atoms with E-state index in [1.54, 1.807) is 43.0 Å². The molecule has 0 aliphatic heterocycles. The van der Waals surface area contributed by atoms with Crippen LogP contribution in [0, 0.1) is 11.3 Å². The lowest BCUT2D eigenvalue weighted by atomic mass is 10.1. The van der Waals surface area contributed by atoms with E-state index in [-0.39, 0.29) is 5.88 Å². The number of halogens is 1. The van der Waals surface area contributed by atoms with Crippen LogP contribution in [0.3, 0.4) is 0 Å². The molecule has 0 unspecified atom stereocenters. The fourth-order valence-corrected chi connectivity index (χ4v) is 2.80. The summed E-state index contributed by atoms with van der Waals surface area (Å²) in [5.74, 6) is 1.62. The molecule has 0 atom stereocenters. The summed E-state index contributed by atoms with van der Waals surface area (Å²) in [6, 6.07) is 16.8. The van der Waals surface area contributed by atoms with Crippen LogP contribution in [-0.2, 0) is 0 Å². The van der Waals surface area contributed by atoms with E-state index in [9.17, 15) is 5.26 Å². The monoisotopic (exact) mass is 406 g/mol. The van der Waals surface area contributed by atoms with E-state index in [1.165, 1.54) is 0 Å². The average Bonchev–Trinajstić information content (AvgIpc) is 3.40. The van der Waals surface area contributed by atoms with Crippen molar-refractivity contribution in [1.82, 2.24) is 0 Å². The first kappa shape index (κ1) is 16.2. The van der Waals surface area contributed by atoms with Crippen LogP contribution in [0.25, 0.3) is 22.8 Å². The summed E-state index contributed by atoms with van der Waals surface area (Å²) in [7, 11) is 0. The van der Waals surface area contributed by atoms with Crippen molar-refractivity contribution in [2.24, 2.45) is 4.99 Å². The van der Waals surface area contributed by atoms with Crippen molar-refractivity contribution < 1.29 is 13.3 Å². The lowest BCUT2D eigenvalue weighted by molar-refractivity contribution is 0.527. The Morgan fingerprint density at radius 1 is 0.962 bits per heavy atom. The molecule has 4 aromatic rings. The molecule has 6 heteroatoms. The molecule has 3 aromatic heterocycles. The zero-order chi connectivity index (χ0) is 17.9. The van der Waals surface area contributed by atoms with Crippen LogP contribution in [0.5, 0.6) is 0 Å². The Balaban J connectivity index is 1.84. The van der Waals surface area contributed by atoms with Gasteiger partial charge in [0.05, 0.1) is 18.1 Å². The topological polar surface area (TPSA) is 75.6 Å². The van der Waals surface area contributed by atoms with Gasteiger partial charge in [-0.15, -0.1) is 0 Å². The molecule has 26 heavy (non-hydrogen) atoms. The van der Waals surface area contributed by atoms with E-state index in [2.05, 4.69) is 27.0 Å². The SMILES string of the molecule is N#Cc1c(N=Cc2ccc(Br)cc2)oc(-c2ccco2)c1-c1ccco1. The predicted octanol–water partition coefficient (Wildman–Crippen LogP) is 6.18. The Hall–Kier alpha value is -3.30. The Labute approximate surface area is 157 Å². The molecule has 0 aliphatic carbocycles. The third-order valence-electron chi connectivity index (χ3n) is 3.71. The first-order valence-electron chi connectivity index (χ1n) is 7.70. The number of rotatable bonds is 4. The molecular weight excluding hydrogens is 396 g/mol. The molecule has 0 amide bonds. The predicted molar refractivity (Wildman–Crippen MR) is 100 cm³/mol. The number of nitriles is 1. The lowest BCUT2D eigenvalue weighted by Crippen LogP contribution is -1.81. The summed E-state index contributed by atoms with van der Waals surface area (Å²) in [5.41, 5.74) is 1.70. The Morgan fingerprint density at radius 2 is 1.65 bits per heavy atom. The third-order valence-corrected chi connectivity index (χ3v) is 4.24. The zero-order valence-electron chi connectivity index (χ0n) is 13.3. The van der Waals surface area contributed by atoms with Crippen LogP contribution in [0.15, 0.2) is 83.8 Å². The van der Waals surface area contributed by atoms with Gasteiger partial charge in [0.2, 0.25) is 5.88 Å². The lowest BCUT2D eigenvalue weighted by Gasteiger charge is -1.96. The summed E-state index contributed by atoms with van der Waals surface area (Å²) < 4.78 is 17.8. The molecule has 0 saturated carbocycles. The first-order chi connectivity index (χ1) is 12.8. The highest BCUT2D eigenvalue weighted by Gasteiger charge is 2.25. The summed E-state index contributed by atoms with van der Waals surface area (Å²) in [4.78, 5) is 4.37. The van der Waals surface area contributed by atoms with Crippen LogP contribution in [0.4, 0.5) is 5.88 Å². The minimum absolute atomic E-state index is 0.202. The number of hydrogen-bond acceptors (Lipinski definition) is 5. The fourth-order valence-electron chi connectivity index (χ4n) is 2.53. The Morgan fingerprint density at radius 3 is 2.27 bits per heavy atom. The van der Waals surface area contributed by atoms with Crippen LogP contribution in [0.1, 0.15) is 11.1 Å². The highest BCUT2D eigenvalue weighted by molar-refractivity contribution is 9.10. The second-order valence-electron chi connectivity index (χ2n) is 5.36. The zero-order valence-corrected chi connectivity index (χ0v) is 14.9. The number of furan rings is 3. The summed E-state index contributed by atoms with van der Waals surface area (Å²) >= 11 is 3.39. The van der Waals surface area contributed by atoms with E-state index in [1.807, 2.05) is 24.3 Å². The second kappa shape index (κ2) is 6.90. The van der Waals surface area contributed by atoms with Gasteiger partial charge in [-0.1, -0.05) is 28.1 Å². The molecule has 0 spiro atoms. The minimum atomic E-state index is 0.202. The number of nitrogens with zero attached hydrogens (tertiary/aromatic N) is 2. The smallest absolute Gasteiger partial charge is 0.238 e. The van der Waals surface area contributed by atoms with Gasteiger partial charge >= 0.3 is 0 Å². The van der Waals surface area contributed by atoms with Crippen LogP contribution in [-0.4, -0.2) is 6.21 Å². The van der Waals surface area contributed by atoms with Crippen molar-refractivity contribution in [3.8, 4) is 28.9 Å². The number of hydrogen-bond donors (Lipinski definition) is 0. The minimum Gasteiger partial charge on any atom is -0.464 e. The van der Waals surface area contributed by atoms with Gasteiger partial charge in [-0.05, 0) is 42.0 Å². The molecule has 0 radical (unpaired) electrons. The molecular formula is C20H11BrN2O3. The van der Waals surface area contributed by atoms with Crippen LogP contribution in [0.2, 0.25) is 0 Å². The third kappa shape index (κ3) is 3.01. The second-order valence-corrected chi connectivity index (χ2v) is 6.28. The molecule has 126 valence electrons. The van der Waals surface area contributed by atoms with Gasteiger partial charge in [0, 0.05) is 10.7 Å². The molecule has 0 saturated heterocycles. The summed E-state index contributed by atoms with van der Waals surface area (Å²) in [5, 5.41) is 9.68. The maximum atomic E-state index is 9.68. The van der Waals surface area contributed by atoms with Crippen molar-refractivity contribution in [2.45, 2.75) is 0 Å². The highest BCUT2D eigenvalue weighted by atomic mass is 79.9. The number of aliphatic imine (C=N–C) groups is 1. The number of benzene rings is 1. The van der Waals surface area contributed by atoms with Crippen molar-refractivity contribution >= 4 is 28.0 Å². The van der Waals surface area contributed by atoms with Gasteiger partial charge in [0.25, 0.3) is 0 Å². The maximum Gasteiger partial charge on any atom is 0.238 e. The van der Waals surface area contributed by atoms with E-state index in [0.29, 0.717) is 28.4 Å². The molecule has 4 rings (SSSR count). The maximum absolute atomic E-state index is 9.68. The van der Waals surface area contributed by atoms with E-state index < -0.39 is 0 Å². The molecule has 3 heterocycles. The molecule has 0 aliphatic rings. The van der Waals surface area contributed by atoms with Crippen molar-refractivity contribution in [3.05, 3.63) is 76.7 Å². The Kier molecular flexibility index (Phi) is 4.30. The van der Waals surface area contributed by atoms with E-state index in [4.69, 9.17) is 13.3 Å². The van der Waals surface area contributed by atoms with E-state index >= 15 is 0 Å². The largest absolute Gasteiger partial charge is 0.464 e. The first-order valence-corrected chi connectivity index (χ1v) is 8.50. The van der Waals surface area contributed by atoms with Crippen molar-refractivity contribution in [2.75, 3.05) is 0 Å². The standard InChI is InChI=1S/C20H11BrN2O3/c21-14-7-5-13(6-8-14)12-23-20-15(11-22)18(16-3-1-9-24-16)19(26-20)17-4-2-10-25-17/h1-10,12H. The summed E-state index contributed by atoms with van der Waals surface area (Å²) in [6.45, 7) is 0. The fraction of sp³-hybridized carbons (Fsp3) is 0. The molecule has 0 N–H and O–H groups in total. The average molecular weight is 407 g/mol. The highest BCUT2D eigenvalue weighted by Crippen LogP contribution is 2.42. The molecule has 0 bridgehead atoms.